The Balaban J connectivity index is 1.40. The van der Waals surface area contributed by atoms with Crippen LogP contribution in [-0.2, 0) is 17.6 Å². The first kappa shape index (κ1) is 21.9. The number of hydrogen-bond acceptors (Lipinski definition) is 4. The number of fused-ring (bicyclic) bond motifs is 2. The van der Waals surface area contributed by atoms with Gasteiger partial charge in [-0.3, -0.25) is 14.2 Å². The van der Waals surface area contributed by atoms with Gasteiger partial charge < -0.3 is 10.1 Å². The van der Waals surface area contributed by atoms with Gasteiger partial charge in [-0.05, 0) is 66.8 Å². The zero-order valence-corrected chi connectivity index (χ0v) is 19.2. The summed E-state index contributed by atoms with van der Waals surface area (Å²) in [4.78, 5) is 30.9. The van der Waals surface area contributed by atoms with E-state index in [4.69, 9.17) is 4.74 Å². The minimum atomic E-state index is -0.209. The summed E-state index contributed by atoms with van der Waals surface area (Å²) in [5, 5.41) is 3.17. The third kappa shape index (κ3) is 4.31. The molecule has 4 aromatic rings. The van der Waals surface area contributed by atoms with Gasteiger partial charge in [0.25, 0.3) is 5.56 Å². The monoisotopic (exact) mass is 453 g/mol. The SMILES string of the molecule is COc1ccc(-n2c(=O)c(CCC(=O)NC3CCCc4ccccc43)nc3ccccc32)cc1. The fraction of sp³-hybridized carbons (Fsp3) is 0.250. The first-order valence-electron chi connectivity index (χ1n) is 11.7. The maximum absolute atomic E-state index is 13.4. The van der Waals surface area contributed by atoms with E-state index in [0.29, 0.717) is 5.69 Å². The molecule has 1 aromatic heterocycles. The zero-order chi connectivity index (χ0) is 23.5. The molecule has 6 heteroatoms. The van der Waals surface area contributed by atoms with Crippen LogP contribution in [-0.4, -0.2) is 22.6 Å². The van der Waals surface area contributed by atoms with E-state index in [9.17, 15) is 9.59 Å². The number of methoxy groups -OCH3 is 1. The number of carbonyl (C=O) groups excluding carboxylic acids is 1. The Hall–Kier alpha value is -3.93. The highest BCUT2D eigenvalue weighted by Gasteiger charge is 2.22. The summed E-state index contributed by atoms with van der Waals surface area (Å²) in [7, 11) is 1.61. The molecular formula is C28H27N3O3. The lowest BCUT2D eigenvalue weighted by Gasteiger charge is -2.26. The highest BCUT2D eigenvalue weighted by atomic mass is 16.5. The Kier molecular flexibility index (Phi) is 6.12. The second-order valence-electron chi connectivity index (χ2n) is 8.60. The first-order valence-corrected chi connectivity index (χ1v) is 11.7. The molecule has 1 N–H and O–H groups in total. The molecule has 0 saturated carbocycles. The number of hydrogen-bond donors (Lipinski definition) is 1. The van der Waals surface area contributed by atoms with E-state index in [0.717, 1.165) is 41.7 Å². The van der Waals surface area contributed by atoms with Gasteiger partial charge in [0, 0.05) is 18.5 Å². The molecule has 3 aromatic carbocycles. The number of para-hydroxylation sites is 2. The van der Waals surface area contributed by atoms with E-state index in [1.807, 2.05) is 60.7 Å². The zero-order valence-electron chi connectivity index (χ0n) is 19.2. The van der Waals surface area contributed by atoms with Crippen molar-refractivity contribution in [3.05, 3.63) is 100.0 Å². The van der Waals surface area contributed by atoms with Gasteiger partial charge in [-0.2, -0.15) is 0 Å². The Morgan fingerprint density at radius 2 is 1.82 bits per heavy atom. The largest absolute Gasteiger partial charge is 0.497 e. The van der Waals surface area contributed by atoms with Crippen molar-refractivity contribution >= 4 is 16.9 Å². The number of aromatic nitrogens is 2. The Bertz CT molecular complexity index is 1390. The second kappa shape index (κ2) is 9.51. The third-order valence-corrected chi connectivity index (χ3v) is 6.45. The lowest BCUT2D eigenvalue weighted by Crippen LogP contribution is -2.32. The van der Waals surface area contributed by atoms with Crippen LogP contribution in [0.1, 0.15) is 42.1 Å². The van der Waals surface area contributed by atoms with Crippen molar-refractivity contribution in [3.8, 4) is 11.4 Å². The van der Waals surface area contributed by atoms with Gasteiger partial charge in [0.2, 0.25) is 5.91 Å². The number of nitrogens with one attached hydrogen (secondary N) is 1. The van der Waals surface area contributed by atoms with Crippen molar-refractivity contribution in [3.63, 3.8) is 0 Å². The van der Waals surface area contributed by atoms with Gasteiger partial charge in [0.15, 0.2) is 0 Å². The highest BCUT2D eigenvalue weighted by molar-refractivity contribution is 5.78. The molecule has 1 heterocycles. The maximum Gasteiger partial charge on any atom is 0.277 e. The smallest absolute Gasteiger partial charge is 0.277 e. The summed E-state index contributed by atoms with van der Waals surface area (Å²) in [6.07, 6.45) is 3.53. The molecule has 5 rings (SSSR count). The molecule has 1 aliphatic carbocycles. The lowest BCUT2D eigenvalue weighted by atomic mass is 9.87. The first-order chi connectivity index (χ1) is 16.6. The molecular weight excluding hydrogens is 426 g/mol. The minimum Gasteiger partial charge on any atom is -0.497 e. The number of nitrogens with zero attached hydrogens (tertiary/aromatic N) is 2. The van der Waals surface area contributed by atoms with Crippen LogP contribution in [0.5, 0.6) is 5.75 Å². The molecule has 0 bridgehead atoms. The molecule has 172 valence electrons. The summed E-state index contributed by atoms with van der Waals surface area (Å²) < 4.78 is 6.91. The van der Waals surface area contributed by atoms with Crippen LogP contribution in [0.3, 0.4) is 0 Å². The van der Waals surface area contributed by atoms with E-state index in [1.165, 1.54) is 11.1 Å². The average Bonchev–Trinajstić information content (AvgIpc) is 2.88. The summed E-state index contributed by atoms with van der Waals surface area (Å²) >= 11 is 0. The van der Waals surface area contributed by atoms with E-state index < -0.39 is 0 Å². The molecule has 1 amide bonds. The minimum absolute atomic E-state index is 0.0259. The van der Waals surface area contributed by atoms with Crippen LogP contribution in [0.4, 0.5) is 0 Å². The van der Waals surface area contributed by atoms with Gasteiger partial charge in [0.05, 0.1) is 24.2 Å². The fourth-order valence-corrected chi connectivity index (χ4v) is 4.73. The third-order valence-electron chi connectivity index (χ3n) is 6.45. The predicted molar refractivity (Wildman–Crippen MR) is 132 cm³/mol. The molecule has 0 radical (unpaired) electrons. The van der Waals surface area contributed by atoms with E-state index in [2.05, 4.69) is 22.4 Å². The summed E-state index contributed by atoms with van der Waals surface area (Å²) in [5.74, 6) is 0.656. The van der Waals surface area contributed by atoms with E-state index >= 15 is 0 Å². The van der Waals surface area contributed by atoms with Crippen LogP contribution in [0.2, 0.25) is 0 Å². The predicted octanol–water partition coefficient (Wildman–Crippen LogP) is 4.52. The van der Waals surface area contributed by atoms with Crippen molar-refractivity contribution in [2.45, 2.75) is 38.1 Å². The van der Waals surface area contributed by atoms with Gasteiger partial charge in [0.1, 0.15) is 11.4 Å². The van der Waals surface area contributed by atoms with E-state index in [-0.39, 0.29) is 30.3 Å². The van der Waals surface area contributed by atoms with Crippen molar-refractivity contribution in [1.29, 1.82) is 0 Å². The van der Waals surface area contributed by atoms with Crippen LogP contribution in [0.15, 0.2) is 77.6 Å². The van der Waals surface area contributed by atoms with Crippen LogP contribution >= 0.6 is 0 Å². The van der Waals surface area contributed by atoms with Gasteiger partial charge >= 0.3 is 0 Å². The van der Waals surface area contributed by atoms with Crippen molar-refractivity contribution in [1.82, 2.24) is 14.9 Å². The van der Waals surface area contributed by atoms with Crippen LogP contribution < -0.4 is 15.6 Å². The number of ether oxygens (including phenoxy) is 1. The Morgan fingerprint density at radius 1 is 1.06 bits per heavy atom. The molecule has 0 fully saturated rings. The summed E-state index contributed by atoms with van der Waals surface area (Å²) in [6, 6.07) is 23.2. The molecule has 0 aliphatic heterocycles. The van der Waals surface area contributed by atoms with Crippen molar-refractivity contribution < 1.29 is 9.53 Å². The normalized spacial score (nSPS) is 15.0. The number of benzene rings is 3. The summed E-state index contributed by atoms with van der Waals surface area (Å²) in [6.45, 7) is 0. The van der Waals surface area contributed by atoms with E-state index in [1.54, 1.807) is 11.7 Å². The van der Waals surface area contributed by atoms with Gasteiger partial charge in [-0.25, -0.2) is 4.98 Å². The molecule has 1 aliphatic rings. The Labute approximate surface area is 198 Å². The molecule has 1 unspecified atom stereocenters. The molecule has 6 nitrogen and oxygen atoms in total. The number of amides is 1. The summed E-state index contributed by atoms with van der Waals surface area (Å²) in [5.41, 5.74) is 4.85. The second-order valence-corrected chi connectivity index (χ2v) is 8.60. The van der Waals surface area contributed by atoms with Crippen LogP contribution in [0.25, 0.3) is 16.7 Å². The Morgan fingerprint density at radius 3 is 2.65 bits per heavy atom. The molecule has 1 atom stereocenters. The average molecular weight is 454 g/mol. The quantitative estimate of drug-likeness (QED) is 0.466. The highest BCUT2D eigenvalue weighted by Crippen LogP contribution is 2.29. The number of aryl methyl sites for hydroxylation is 2. The van der Waals surface area contributed by atoms with Crippen molar-refractivity contribution in [2.75, 3.05) is 7.11 Å². The standard InChI is InChI=1S/C28H27N3O3/c1-34-21-15-13-20(14-16-21)31-26-12-5-4-10-24(26)29-25(28(31)33)17-18-27(32)30-23-11-6-8-19-7-2-3-9-22(19)23/h2-5,7,9-10,12-16,23H,6,8,11,17-18H2,1H3,(H,30,32). The molecule has 34 heavy (non-hydrogen) atoms. The van der Waals surface area contributed by atoms with Crippen LogP contribution in [0, 0.1) is 0 Å². The molecule has 0 spiro atoms. The maximum atomic E-state index is 13.4. The van der Waals surface area contributed by atoms with Crippen molar-refractivity contribution in [2.24, 2.45) is 0 Å². The van der Waals surface area contributed by atoms with Gasteiger partial charge in [-0.15, -0.1) is 0 Å². The van der Waals surface area contributed by atoms with Gasteiger partial charge in [-0.1, -0.05) is 36.4 Å². The number of rotatable bonds is 6. The fourth-order valence-electron chi connectivity index (χ4n) is 4.73. The lowest BCUT2D eigenvalue weighted by molar-refractivity contribution is -0.121. The number of carbonyl (C=O) groups is 1. The topological polar surface area (TPSA) is 73.2 Å². The molecule has 0 saturated heterocycles.